The predicted octanol–water partition coefficient (Wildman–Crippen LogP) is 1.12. The van der Waals surface area contributed by atoms with Crippen molar-refractivity contribution in [1.82, 2.24) is 10.2 Å². The summed E-state index contributed by atoms with van der Waals surface area (Å²) in [4.78, 5) is 30.3. The van der Waals surface area contributed by atoms with Crippen LogP contribution in [0, 0.1) is 5.92 Å². The van der Waals surface area contributed by atoms with Crippen LogP contribution in [0.4, 0.5) is 4.79 Å². The van der Waals surface area contributed by atoms with Gasteiger partial charge in [0, 0.05) is 12.6 Å². The van der Waals surface area contributed by atoms with E-state index >= 15 is 0 Å². The molecule has 126 valence electrons. The third kappa shape index (κ3) is 4.61. The van der Waals surface area contributed by atoms with E-state index in [9.17, 15) is 9.59 Å². The summed E-state index contributed by atoms with van der Waals surface area (Å²) in [6.07, 6.45) is 1.08. The first-order valence-corrected chi connectivity index (χ1v) is 7.76. The van der Waals surface area contributed by atoms with Gasteiger partial charge < -0.3 is 20.7 Å². The number of nitrogens with zero attached hydrogens (tertiary/aromatic N) is 2. The van der Waals surface area contributed by atoms with Crippen LogP contribution in [-0.2, 0) is 9.53 Å². The van der Waals surface area contributed by atoms with Gasteiger partial charge in [0.05, 0.1) is 13.2 Å². The molecule has 1 saturated heterocycles. The Labute approximate surface area is 132 Å². The van der Waals surface area contributed by atoms with Crippen molar-refractivity contribution < 1.29 is 14.3 Å². The first-order valence-electron chi connectivity index (χ1n) is 7.76. The topological polar surface area (TPSA) is 97.0 Å². The van der Waals surface area contributed by atoms with Crippen molar-refractivity contribution in [2.75, 3.05) is 13.7 Å². The maximum absolute atomic E-state index is 12.8. The summed E-state index contributed by atoms with van der Waals surface area (Å²) in [5.41, 5.74) is 6.06. The number of amidine groups is 1. The Kier molecular flexibility index (Phi) is 6.64. The molecule has 7 nitrogen and oxygen atoms in total. The zero-order valence-electron chi connectivity index (χ0n) is 14.1. The lowest BCUT2D eigenvalue weighted by Crippen LogP contribution is -2.54. The van der Waals surface area contributed by atoms with Crippen LogP contribution in [0.5, 0.6) is 0 Å². The van der Waals surface area contributed by atoms with Crippen LogP contribution in [0.1, 0.15) is 40.5 Å². The third-order valence-electron chi connectivity index (χ3n) is 3.68. The number of amides is 2. The predicted molar refractivity (Wildman–Crippen MR) is 85.7 cm³/mol. The van der Waals surface area contributed by atoms with Gasteiger partial charge in [0.25, 0.3) is 0 Å². The SMILES string of the molecule is COC(=O)N[C@H](C(=O)N1CCC[C@H]1C(N)=NC(C)C)C(C)C. The molecule has 0 aromatic rings. The quantitative estimate of drug-likeness (QED) is 0.587. The van der Waals surface area contributed by atoms with Crippen molar-refractivity contribution in [3.63, 3.8) is 0 Å². The molecule has 0 saturated carbocycles. The van der Waals surface area contributed by atoms with Crippen LogP contribution < -0.4 is 11.1 Å². The standard InChI is InChI=1S/C15H28N4O3/c1-9(2)12(18-15(21)22-5)14(20)19-8-6-7-11(19)13(16)17-10(3)4/h9-12H,6-8H2,1-5H3,(H2,16,17)(H,18,21)/t11-,12-/m0/s1. The van der Waals surface area contributed by atoms with Gasteiger partial charge in [-0.1, -0.05) is 13.8 Å². The summed E-state index contributed by atoms with van der Waals surface area (Å²) in [5, 5.41) is 2.61. The van der Waals surface area contributed by atoms with E-state index in [0.717, 1.165) is 12.8 Å². The smallest absolute Gasteiger partial charge is 0.407 e. The molecule has 3 N–H and O–H groups in total. The Morgan fingerprint density at radius 1 is 1.32 bits per heavy atom. The molecule has 2 atom stereocenters. The third-order valence-corrected chi connectivity index (χ3v) is 3.68. The molecule has 0 aromatic heterocycles. The number of nitrogens with one attached hydrogen (secondary N) is 1. The molecule has 1 aliphatic heterocycles. The second kappa shape index (κ2) is 8.00. The lowest BCUT2D eigenvalue weighted by molar-refractivity contribution is -0.134. The van der Waals surface area contributed by atoms with Crippen LogP contribution in [0.25, 0.3) is 0 Å². The van der Waals surface area contributed by atoms with E-state index in [0.29, 0.717) is 12.4 Å². The fraction of sp³-hybridized carbons (Fsp3) is 0.800. The number of alkyl carbamates (subject to hydrolysis) is 1. The summed E-state index contributed by atoms with van der Waals surface area (Å²) in [5.74, 6) is 0.308. The minimum absolute atomic E-state index is 0.0453. The highest BCUT2D eigenvalue weighted by atomic mass is 16.5. The van der Waals surface area contributed by atoms with Crippen molar-refractivity contribution in [2.45, 2.75) is 58.7 Å². The highest BCUT2D eigenvalue weighted by molar-refractivity contribution is 5.93. The van der Waals surface area contributed by atoms with Crippen molar-refractivity contribution in [1.29, 1.82) is 0 Å². The number of methoxy groups -OCH3 is 1. The van der Waals surface area contributed by atoms with Crippen LogP contribution in [0.2, 0.25) is 0 Å². The number of carbonyl (C=O) groups excluding carboxylic acids is 2. The van der Waals surface area contributed by atoms with Crippen molar-refractivity contribution >= 4 is 17.8 Å². The van der Waals surface area contributed by atoms with Crippen molar-refractivity contribution in [3.8, 4) is 0 Å². The number of carbonyl (C=O) groups is 2. The highest BCUT2D eigenvalue weighted by Gasteiger charge is 2.37. The van der Waals surface area contributed by atoms with Gasteiger partial charge in [0.2, 0.25) is 5.91 Å². The van der Waals surface area contributed by atoms with Crippen molar-refractivity contribution in [3.05, 3.63) is 0 Å². The van der Waals surface area contributed by atoms with Gasteiger partial charge in [-0.2, -0.15) is 0 Å². The maximum atomic E-state index is 12.8. The highest BCUT2D eigenvalue weighted by Crippen LogP contribution is 2.20. The number of aliphatic imine (C=N–C) groups is 1. The molecular formula is C15H28N4O3. The molecule has 0 bridgehead atoms. The molecule has 2 amide bonds. The maximum Gasteiger partial charge on any atom is 0.407 e. The van der Waals surface area contributed by atoms with E-state index in [4.69, 9.17) is 5.73 Å². The number of ether oxygens (including phenoxy) is 1. The van der Waals surface area contributed by atoms with Crippen LogP contribution >= 0.6 is 0 Å². The van der Waals surface area contributed by atoms with Gasteiger partial charge in [-0.25, -0.2) is 4.79 Å². The number of hydrogen-bond donors (Lipinski definition) is 2. The van der Waals surface area contributed by atoms with Crippen molar-refractivity contribution in [2.24, 2.45) is 16.6 Å². The molecule has 1 rings (SSSR count). The Morgan fingerprint density at radius 2 is 1.95 bits per heavy atom. The van der Waals surface area contributed by atoms with Crippen LogP contribution in [-0.4, -0.2) is 54.5 Å². The Bertz CT molecular complexity index is 435. The number of rotatable bonds is 5. The van der Waals surface area contributed by atoms with Gasteiger partial charge in [0.1, 0.15) is 11.9 Å². The number of hydrogen-bond acceptors (Lipinski definition) is 4. The summed E-state index contributed by atoms with van der Waals surface area (Å²) < 4.78 is 4.60. The zero-order chi connectivity index (χ0) is 16.9. The minimum atomic E-state index is -0.625. The van der Waals surface area contributed by atoms with E-state index in [-0.39, 0.29) is 23.9 Å². The zero-order valence-corrected chi connectivity index (χ0v) is 14.1. The molecule has 0 spiro atoms. The average molecular weight is 312 g/mol. The molecule has 7 heteroatoms. The number of likely N-dealkylation sites (tertiary alicyclic amines) is 1. The van der Waals surface area contributed by atoms with Crippen LogP contribution in [0.15, 0.2) is 4.99 Å². The second-order valence-corrected chi connectivity index (χ2v) is 6.19. The van der Waals surface area contributed by atoms with E-state index in [1.807, 2.05) is 27.7 Å². The molecule has 0 aromatic carbocycles. The van der Waals surface area contributed by atoms with E-state index in [2.05, 4.69) is 15.0 Å². The molecule has 22 heavy (non-hydrogen) atoms. The molecule has 1 fully saturated rings. The summed E-state index contributed by atoms with van der Waals surface area (Å²) in [6.45, 7) is 8.29. The van der Waals surface area contributed by atoms with Gasteiger partial charge >= 0.3 is 6.09 Å². The fourth-order valence-electron chi connectivity index (χ4n) is 2.60. The Morgan fingerprint density at radius 3 is 2.45 bits per heavy atom. The lowest BCUT2D eigenvalue weighted by Gasteiger charge is -2.30. The molecule has 0 radical (unpaired) electrons. The number of nitrogens with two attached hydrogens (primary N) is 1. The second-order valence-electron chi connectivity index (χ2n) is 6.19. The Balaban J connectivity index is 2.90. The van der Waals surface area contributed by atoms with Gasteiger partial charge in [-0.3, -0.25) is 9.79 Å². The van der Waals surface area contributed by atoms with Crippen LogP contribution in [0.3, 0.4) is 0 Å². The first-order chi connectivity index (χ1) is 10.3. The molecular weight excluding hydrogens is 284 g/mol. The van der Waals surface area contributed by atoms with E-state index < -0.39 is 12.1 Å². The lowest BCUT2D eigenvalue weighted by atomic mass is 10.0. The van der Waals surface area contributed by atoms with E-state index in [1.54, 1.807) is 4.90 Å². The normalized spacial score (nSPS) is 20.4. The monoisotopic (exact) mass is 312 g/mol. The minimum Gasteiger partial charge on any atom is -0.453 e. The van der Waals surface area contributed by atoms with Gasteiger partial charge in [-0.05, 0) is 32.6 Å². The molecule has 1 aliphatic rings. The van der Waals surface area contributed by atoms with Gasteiger partial charge in [-0.15, -0.1) is 0 Å². The Hall–Kier alpha value is -1.79. The average Bonchev–Trinajstić information content (AvgIpc) is 2.92. The fourth-order valence-corrected chi connectivity index (χ4v) is 2.60. The van der Waals surface area contributed by atoms with E-state index in [1.165, 1.54) is 7.11 Å². The molecule has 0 aliphatic carbocycles. The summed E-state index contributed by atoms with van der Waals surface area (Å²) >= 11 is 0. The summed E-state index contributed by atoms with van der Waals surface area (Å²) in [6, 6.07) is -0.720. The first kappa shape index (κ1) is 18.3. The van der Waals surface area contributed by atoms with Gasteiger partial charge in [0.15, 0.2) is 0 Å². The summed E-state index contributed by atoms with van der Waals surface area (Å²) in [7, 11) is 1.28. The largest absolute Gasteiger partial charge is 0.453 e. The molecule has 0 unspecified atom stereocenters. The molecule has 1 heterocycles.